The zero-order chi connectivity index (χ0) is 12.4. The number of nitrogens with two attached hydrogens (primary N) is 1. The van der Waals surface area contributed by atoms with Gasteiger partial charge in [0.15, 0.2) is 0 Å². The van der Waals surface area contributed by atoms with Crippen molar-refractivity contribution in [1.82, 2.24) is 0 Å². The Morgan fingerprint density at radius 2 is 2.06 bits per heavy atom. The van der Waals surface area contributed by atoms with Crippen molar-refractivity contribution >= 4 is 28.6 Å². The van der Waals surface area contributed by atoms with Gasteiger partial charge in [-0.05, 0) is 18.9 Å². The minimum Gasteiger partial charge on any atom is -0.389 e. The second-order valence-electron chi connectivity index (χ2n) is 4.02. The molecule has 1 heterocycles. The summed E-state index contributed by atoms with van der Waals surface area (Å²) in [6.07, 6.45) is 2.27. The number of benzene rings is 1. The number of non-ortho nitro benzene ring substituents is 1. The highest BCUT2D eigenvalue weighted by atomic mass is 32.1. The maximum Gasteiger partial charge on any atom is 0.270 e. The molecule has 0 unspecified atom stereocenters. The minimum atomic E-state index is -0.435. The molecular weight excluding hydrogens is 238 g/mol. The van der Waals surface area contributed by atoms with Crippen LogP contribution in [0.4, 0.5) is 11.4 Å². The lowest BCUT2D eigenvalue weighted by atomic mass is 10.1. The first kappa shape index (κ1) is 11.8. The van der Waals surface area contributed by atoms with Crippen LogP contribution >= 0.6 is 12.2 Å². The van der Waals surface area contributed by atoms with E-state index in [1.165, 1.54) is 12.1 Å². The first-order chi connectivity index (χ1) is 8.09. The van der Waals surface area contributed by atoms with Crippen LogP contribution in [0.3, 0.4) is 0 Å². The van der Waals surface area contributed by atoms with E-state index in [9.17, 15) is 10.1 Å². The van der Waals surface area contributed by atoms with Crippen LogP contribution in [0.15, 0.2) is 18.2 Å². The van der Waals surface area contributed by atoms with E-state index < -0.39 is 4.92 Å². The van der Waals surface area contributed by atoms with Crippen LogP contribution in [-0.2, 0) is 0 Å². The van der Waals surface area contributed by atoms with Gasteiger partial charge >= 0.3 is 0 Å². The van der Waals surface area contributed by atoms with Gasteiger partial charge in [-0.2, -0.15) is 0 Å². The summed E-state index contributed by atoms with van der Waals surface area (Å²) in [5, 5.41) is 10.7. The Hall–Kier alpha value is -1.69. The number of hydrogen-bond donors (Lipinski definition) is 1. The van der Waals surface area contributed by atoms with Crippen LogP contribution in [-0.4, -0.2) is 23.0 Å². The summed E-state index contributed by atoms with van der Waals surface area (Å²) in [6.45, 7) is 1.90. The Morgan fingerprint density at radius 3 is 2.59 bits per heavy atom. The maximum atomic E-state index is 10.7. The van der Waals surface area contributed by atoms with Gasteiger partial charge < -0.3 is 10.6 Å². The minimum absolute atomic E-state index is 0.0238. The SMILES string of the molecule is NC(=S)c1cc([N+](=O)[O-])ccc1N1CCCC1. The fourth-order valence-corrected chi connectivity index (χ4v) is 2.23. The number of rotatable bonds is 3. The third kappa shape index (κ3) is 2.36. The van der Waals surface area contributed by atoms with Gasteiger partial charge in [0, 0.05) is 36.5 Å². The summed E-state index contributed by atoms with van der Waals surface area (Å²) >= 11 is 4.96. The first-order valence-corrected chi connectivity index (χ1v) is 5.83. The van der Waals surface area contributed by atoms with Gasteiger partial charge in [-0.1, -0.05) is 12.2 Å². The van der Waals surface area contributed by atoms with Crippen molar-refractivity contribution in [2.24, 2.45) is 5.73 Å². The van der Waals surface area contributed by atoms with E-state index in [0.29, 0.717) is 5.56 Å². The van der Waals surface area contributed by atoms with E-state index in [1.807, 2.05) is 0 Å². The van der Waals surface area contributed by atoms with Crippen LogP contribution in [0, 0.1) is 10.1 Å². The van der Waals surface area contributed by atoms with Crippen LogP contribution in [0.5, 0.6) is 0 Å². The third-order valence-electron chi connectivity index (χ3n) is 2.90. The zero-order valence-electron chi connectivity index (χ0n) is 9.26. The summed E-state index contributed by atoms with van der Waals surface area (Å²) in [5.74, 6) is 0. The maximum absolute atomic E-state index is 10.7. The third-order valence-corrected chi connectivity index (χ3v) is 3.12. The van der Waals surface area contributed by atoms with E-state index in [1.54, 1.807) is 6.07 Å². The van der Waals surface area contributed by atoms with Crippen molar-refractivity contribution in [2.75, 3.05) is 18.0 Å². The van der Waals surface area contributed by atoms with Crippen molar-refractivity contribution in [3.05, 3.63) is 33.9 Å². The molecule has 1 aliphatic heterocycles. The molecule has 17 heavy (non-hydrogen) atoms. The monoisotopic (exact) mass is 251 g/mol. The Bertz CT molecular complexity index is 470. The first-order valence-electron chi connectivity index (χ1n) is 5.43. The number of nitrogens with zero attached hydrogens (tertiary/aromatic N) is 2. The molecule has 0 aromatic heterocycles. The quantitative estimate of drug-likeness (QED) is 0.504. The van der Waals surface area contributed by atoms with Crippen LogP contribution in [0.2, 0.25) is 0 Å². The molecule has 0 amide bonds. The molecule has 5 nitrogen and oxygen atoms in total. The highest BCUT2D eigenvalue weighted by Gasteiger charge is 2.19. The molecule has 1 aliphatic rings. The van der Waals surface area contributed by atoms with Gasteiger partial charge in [0.25, 0.3) is 5.69 Å². The second-order valence-corrected chi connectivity index (χ2v) is 4.46. The Kier molecular flexibility index (Phi) is 3.23. The van der Waals surface area contributed by atoms with Gasteiger partial charge in [-0.25, -0.2) is 0 Å². The van der Waals surface area contributed by atoms with E-state index in [4.69, 9.17) is 18.0 Å². The molecule has 2 rings (SSSR count). The number of hydrogen-bond acceptors (Lipinski definition) is 4. The highest BCUT2D eigenvalue weighted by Crippen LogP contribution is 2.28. The number of anilines is 1. The molecule has 0 spiro atoms. The molecule has 0 bridgehead atoms. The number of nitro groups is 1. The van der Waals surface area contributed by atoms with Crippen molar-refractivity contribution in [3.63, 3.8) is 0 Å². The van der Waals surface area contributed by atoms with E-state index in [2.05, 4.69) is 4.90 Å². The molecule has 0 aliphatic carbocycles. The fourth-order valence-electron chi connectivity index (χ4n) is 2.07. The summed E-state index contributed by atoms with van der Waals surface area (Å²) < 4.78 is 0. The Balaban J connectivity index is 2.44. The summed E-state index contributed by atoms with van der Waals surface area (Å²) in [4.78, 5) is 12.7. The van der Waals surface area contributed by atoms with Gasteiger partial charge in [-0.3, -0.25) is 10.1 Å². The van der Waals surface area contributed by atoms with Gasteiger partial charge in [0.1, 0.15) is 4.99 Å². The van der Waals surface area contributed by atoms with E-state index >= 15 is 0 Å². The van der Waals surface area contributed by atoms with E-state index in [-0.39, 0.29) is 10.7 Å². The molecule has 1 fully saturated rings. The molecule has 2 N–H and O–H groups in total. The molecule has 0 atom stereocenters. The predicted molar refractivity (Wildman–Crippen MR) is 70.4 cm³/mol. The average molecular weight is 251 g/mol. The zero-order valence-corrected chi connectivity index (χ0v) is 10.1. The van der Waals surface area contributed by atoms with E-state index in [0.717, 1.165) is 31.6 Å². The van der Waals surface area contributed by atoms with Crippen molar-refractivity contribution < 1.29 is 4.92 Å². The topological polar surface area (TPSA) is 72.4 Å². The lowest BCUT2D eigenvalue weighted by Gasteiger charge is -2.20. The fraction of sp³-hybridized carbons (Fsp3) is 0.364. The predicted octanol–water partition coefficient (Wildman–Crippen LogP) is 1.83. The highest BCUT2D eigenvalue weighted by molar-refractivity contribution is 7.80. The molecule has 1 saturated heterocycles. The van der Waals surface area contributed by atoms with Crippen LogP contribution in [0.1, 0.15) is 18.4 Å². The molecule has 1 aromatic carbocycles. The van der Waals surface area contributed by atoms with Crippen LogP contribution in [0.25, 0.3) is 0 Å². The lowest BCUT2D eigenvalue weighted by molar-refractivity contribution is -0.384. The van der Waals surface area contributed by atoms with Crippen LogP contribution < -0.4 is 10.6 Å². The Morgan fingerprint density at radius 1 is 1.41 bits per heavy atom. The Labute approximate surface area is 104 Å². The smallest absolute Gasteiger partial charge is 0.270 e. The lowest BCUT2D eigenvalue weighted by Crippen LogP contribution is -2.22. The normalized spacial score (nSPS) is 14.9. The standard InChI is InChI=1S/C11H13N3O2S/c12-11(17)9-7-8(14(15)16)3-4-10(9)13-5-1-2-6-13/h3-4,7H,1-2,5-6H2,(H2,12,17). The van der Waals surface area contributed by atoms with Gasteiger partial charge in [0.05, 0.1) is 4.92 Å². The van der Waals surface area contributed by atoms with Crippen molar-refractivity contribution in [2.45, 2.75) is 12.8 Å². The van der Waals surface area contributed by atoms with Gasteiger partial charge in [0.2, 0.25) is 0 Å². The molecular formula is C11H13N3O2S. The molecule has 6 heteroatoms. The van der Waals surface area contributed by atoms with Gasteiger partial charge in [-0.15, -0.1) is 0 Å². The van der Waals surface area contributed by atoms with Crippen molar-refractivity contribution in [1.29, 1.82) is 0 Å². The average Bonchev–Trinajstić information content (AvgIpc) is 2.81. The summed E-state index contributed by atoms with van der Waals surface area (Å²) in [5.41, 5.74) is 7.15. The summed E-state index contributed by atoms with van der Waals surface area (Å²) in [6, 6.07) is 4.68. The molecule has 0 radical (unpaired) electrons. The largest absolute Gasteiger partial charge is 0.389 e. The summed E-state index contributed by atoms with van der Waals surface area (Å²) in [7, 11) is 0. The number of thiocarbonyl (C=S) groups is 1. The number of nitro benzene ring substituents is 1. The second kappa shape index (κ2) is 4.67. The molecule has 0 saturated carbocycles. The molecule has 1 aromatic rings. The van der Waals surface area contributed by atoms with Crippen molar-refractivity contribution in [3.8, 4) is 0 Å². The molecule has 90 valence electrons.